The van der Waals surface area contributed by atoms with Crippen LogP contribution in [0.3, 0.4) is 0 Å². The zero-order valence-corrected chi connectivity index (χ0v) is 14.3. The Morgan fingerprint density at radius 3 is 2.84 bits per heavy atom. The molecule has 128 valence electrons. The van der Waals surface area contributed by atoms with E-state index in [1.807, 2.05) is 30.0 Å². The highest BCUT2D eigenvalue weighted by Gasteiger charge is 2.13. The van der Waals surface area contributed by atoms with Crippen LogP contribution < -0.4 is 4.74 Å². The number of methoxy groups -OCH3 is 1. The first-order valence-corrected chi connectivity index (χ1v) is 8.27. The first kappa shape index (κ1) is 15.5. The third kappa shape index (κ3) is 3.15. The highest BCUT2D eigenvalue weighted by Crippen LogP contribution is 2.19. The molecule has 0 aromatic carbocycles. The summed E-state index contributed by atoms with van der Waals surface area (Å²) in [5.74, 6) is 2.81. The van der Waals surface area contributed by atoms with E-state index >= 15 is 0 Å². The molecule has 1 aliphatic heterocycles. The zero-order valence-electron chi connectivity index (χ0n) is 14.3. The second-order valence-electron chi connectivity index (χ2n) is 5.95. The van der Waals surface area contributed by atoms with E-state index in [9.17, 15) is 0 Å². The Bertz CT molecular complexity index is 901. The van der Waals surface area contributed by atoms with Gasteiger partial charge in [-0.1, -0.05) is 0 Å². The molecule has 3 aromatic rings. The predicted molar refractivity (Wildman–Crippen MR) is 92.3 cm³/mol. The topological polar surface area (TPSA) is 83.5 Å². The largest absolute Gasteiger partial charge is 0.478 e. The molecule has 0 spiro atoms. The Morgan fingerprint density at radius 1 is 1.16 bits per heavy atom. The molecule has 25 heavy (non-hydrogen) atoms. The highest BCUT2D eigenvalue weighted by atomic mass is 16.5. The van der Waals surface area contributed by atoms with Crippen molar-refractivity contribution in [3.05, 3.63) is 41.8 Å². The minimum atomic E-state index is 0.441. The maximum atomic E-state index is 5.38. The predicted octanol–water partition coefficient (Wildman–Crippen LogP) is 2.08. The fourth-order valence-electron chi connectivity index (χ4n) is 2.84. The third-order valence-electron chi connectivity index (χ3n) is 4.08. The number of aromatic nitrogens is 7. The molecule has 0 fully saturated rings. The van der Waals surface area contributed by atoms with Gasteiger partial charge in [-0.2, -0.15) is 5.10 Å². The smallest absolute Gasteiger partial charge is 0.258 e. The average molecular weight is 337 g/mol. The van der Waals surface area contributed by atoms with E-state index in [-0.39, 0.29) is 0 Å². The van der Waals surface area contributed by atoms with E-state index < -0.39 is 0 Å². The second kappa shape index (κ2) is 6.46. The number of hydrogen-bond donors (Lipinski definition) is 0. The maximum Gasteiger partial charge on any atom is 0.258 e. The van der Waals surface area contributed by atoms with Crippen LogP contribution in [-0.2, 0) is 13.0 Å². The van der Waals surface area contributed by atoms with Crippen LogP contribution in [0, 0.1) is 6.92 Å². The number of rotatable bonds is 4. The normalized spacial score (nSPS) is 14.0. The van der Waals surface area contributed by atoms with Crippen LogP contribution in [-0.4, -0.2) is 41.4 Å². The van der Waals surface area contributed by atoms with Crippen LogP contribution in [0.25, 0.3) is 18.0 Å². The highest BCUT2D eigenvalue weighted by molar-refractivity contribution is 5.64. The molecule has 8 nitrogen and oxygen atoms in total. The van der Waals surface area contributed by atoms with E-state index in [1.54, 1.807) is 24.2 Å². The Hall–Kier alpha value is -3.03. The van der Waals surface area contributed by atoms with Crippen molar-refractivity contribution in [1.29, 1.82) is 0 Å². The van der Waals surface area contributed by atoms with Gasteiger partial charge in [-0.05, 0) is 31.9 Å². The molecule has 4 heterocycles. The van der Waals surface area contributed by atoms with Gasteiger partial charge in [-0.25, -0.2) is 24.6 Å². The Balaban J connectivity index is 1.59. The van der Waals surface area contributed by atoms with E-state index in [0.717, 1.165) is 30.9 Å². The number of fused-ring (bicyclic) bond motifs is 1. The van der Waals surface area contributed by atoms with Crippen molar-refractivity contribution in [2.45, 2.75) is 32.7 Å². The van der Waals surface area contributed by atoms with E-state index in [2.05, 4.69) is 25.0 Å². The first-order chi connectivity index (χ1) is 12.2. The first-order valence-electron chi connectivity index (χ1n) is 8.27. The van der Waals surface area contributed by atoms with E-state index in [0.29, 0.717) is 23.2 Å². The summed E-state index contributed by atoms with van der Waals surface area (Å²) >= 11 is 0. The second-order valence-corrected chi connectivity index (χ2v) is 5.95. The van der Waals surface area contributed by atoms with E-state index in [4.69, 9.17) is 4.74 Å². The van der Waals surface area contributed by atoms with Crippen LogP contribution in [0.5, 0.6) is 5.88 Å². The SMILES string of the molecule is COc1nc(/C=C/c2nc3n(n2)CCCC3)cnc1-n1cnc(C)c1. The van der Waals surface area contributed by atoms with Gasteiger partial charge in [0.25, 0.3) is 5.88 Å². The van der Waals surface area contributed by atoms with Crippen molar-refractivity contribution in [3.63, 3.8) is 0 Å². The van der Waals surface area contributed by atoms with Crippen molar-refractivity contribution < 1.29 is 4.74 Å². The van der Waals surface area contributed by atoms with Crippen LogP contribution in [0.15, 0.2) is 18.7 Å². The summed E-state index contributed by atoms with van der Waals surface area (Å²) in [6.45, 7) is 2.87. The summed E-state index contributed by atoms with van der Waals surface area (Å²) in [5, 5.41) is 4.50. The van der Waals surface area contributed by atoms with Gasteiger partial charge in [0.1, 0.15) is 12.2 Å². The standard InChI is InChI=1S/C17H19N7O/c1-12-10-23(11-19-12)16-17(25-2)20-13(9-18-16)6-7-14-21-15-5-3-4-8-24(15)22-14/h6-7,9-11H,3-5,8H2,1-2H3/b7-6+. The minimum absolute atomic E-state index is 0.441. The molecule has 0 bridgehead atoms. The monoisotopic (exact) mass is 337 g/mol. The summed E-state index contributed by atoms with van der Waals surface area (Å²) in [4.78, 5) is 17.7. The maximum absolute atomic E-state index is 5.38. The van der Waals surface area contributed by atoms with Gasteiger partial charge in [-0.3, -0.25) is 4.57 Å². The molecular formula is C17H19N7O. The molecule has 0 saturated carbocycles. The van der Waals surface area contributed by atoms with Crippen molar-refractivity contribution in [2.75, 3.05) is 7.11 Å². The summed E-state index contributed by atoms with van der Waals surface area (Å²) < 4.78 is 9.15. The molecule has 0 atom stereocenters. The molecule has 4 rings (SSSR count). The Morgan fingerprint density at radius 2 is 2.08 bits per heavy atom. The van der Waals surface area contributed by atoms with Crippen molar-refractivity contribution in [3.8, 4) is 11.7 Å². The molecule has 0 aliphatic carbocycles. The molecule has 0 radical (unpaired) electrons. The Kier molecular flexibility index (Phi) is 4.01. The molecular weight excluding hydrogens is 318 g/mol. The van der Waals surface area contributed by atoms with Gasteiger partial charge in [0.05, 0.1) is 24.7 Å². The van der Waals surface area contributed by atoms with Crippen LogP contribution in [0.2, 0.25) is 0 Å². The lowest BCUT2D eigenvalue weighted by atomic mass is 10.2. The van der Waals surface area contributed by atoms with Crippen LogP contribution in [0.4, 0.5) is 0 Å². The van der Waals surface area contributed by atoms with Crippen LogP contribution in [0.1, 0.15) is 35.9 Å². The lowest BCUT2D eigenvalue weighted by molar-refractivity contribution is 0.393. The fourth-order valence-corrected chi connectivity index (χ4v) is 2.84. The number of nitrogens with zero attached hydrogens (tertiary/aromatic N) is 7. The van der Waals surface area contributed by atoms with Gasteiger partial charge in [0.2, 0.25) is 5.82 Å². The van der Waals surface area contributed by atoms with Crippen LogP contribution >= 0.6 is 0 Å². The summed E-state index contributed by atoms with van der Waals surface area (Å²) in [7, 11) is 1.58. The number of aryl methyl sites for hydroxylation is 3. The molecule has 0 N–H and O–H groups in total. The van der Waals surface area contributed by atoms with Crippen molar-refractivity contribution >= 4 is 12.2 Å². The Labute approximate surface area is 145 Å². The van der Waals surface area contributed by atoms with Crippen molar-refractivity contribution in [2.24, 2.45) is 0 Å². The number of ether oxygens (including phenoxy) is 1. The molecule has 8 heteroatoms. The lowest BCUT2D eigenvalue weighted by Gasteiger charge is -2.09. The molecule has 1 aliphatic rings. The van der Waals surface area contributed by atoms with Gasteiger partial charge in [0.15, 0.2) is 5.82 Å². The van der Waals surface area contributed by atoms with Gasteiger partial charge >= 0.3 is 0 Å². The molecule has 3 aromatic heterocycles. The summed E-state index contributed by atoms with van der Waals surface area (Å²) in [6.07, 6.45) is 12.3. The summed E-state index contributed by atoms with van der Waals surface area (Å²) in [5.41, 5.74) is 1.59. The minimum Gasteiger partial charge on any atom is -0.478 e. The lowest BCUT2D eigenvalue weighted by Crippen LogP contribution is -2.11. The average Bonchev–Trinajstić information content (AvgIpc) is 3.25. The van der Waals surface area contributed by atoms with Crippen molar-refractivity contribution in [1.82, 2.24) is 34.3 Å². The zero-order chi connectivity index (χ0) is 17.2. The van der Waals surface area contributed by atoms with Gasteiger partial charge in [-0.15, -0.1) is 0 Å². The fraction of sp³-hybridized carbons (Fsp3) is 0.353. The van der Waals surface area contributed by atoms with Gasteiger partial charge < -0.3 is 4.74 Å². The number of hydrogen-bond acceptors (Lipinski definition) is 6. The summed E-state index contributed by atoms with van der Waals surface area (Å²) in [6, 6.07) is 0. The van der Waals surface area contributed by atoms with E-state index in [1.165, 1.54) is 6.42 Å². The number of imidazole rings is 1. The molecule has 0 saturated heterocycles. The molecule has 0 amide bonds. The quantitative estimate of drug-likeness (QED) is 0.725. The van der Waals surface area contributed by atoms with Gasteiger partial charge in [0, 0.05) is 19.2 Å². The molecule has 0 unspecified atom stereocenters. The third-order valence-corrected chi connectivity index (χ3v) is 4.08.